The molecule has 0 fully saturated rings. The largest absolute Gasteiger partial charge is 0.478 e. The van der Waals surface area contributed by atoms with Crippen molar-refractivity contribution in [2.45, 2.75) is 0 Å². The maximum absolute atomic E-state index is 10.3. The summed E-state index contributed by atoms with van der Waals surface area (Å²) in [6, 6.07) is 7.04. The van der Waals surface area contributed by atoms with Crippen molar-refractivity contribution in [2.24, 2.45) is 0 Å². The van der Waals surface area contributed by atoms with Crippen LogP contribution in [0.3, 0.4) is 0 Å². The third-order valence-electron chi connectivity index (χ3n) is 2.04. The molecule has 0 amide bonds. The first-order chi connectivity index (χ1) is 8.72. The van der Waals surface area contributed by atoms with Crippen LogP contribution in [0.1, 0.15) is 5.56 Å². The van der Waals surface area contributed by atoms with Crippen LogP contribution in [0.2, 0.25) is 0 Å². The summed E-state index contributed by atoms with van der Waals surface area (Å²) in [5.41, 5.74) is 0.796. The highest BCUT2D eigenvalue weighted by atomic mass is 16.7. The minimum atomic E-state index is -0.970. The fraction of sp³-hybridized carbons (Fsp3) is 0.308. The van der Waals surface area contributed by atoms with Gasteiger partial charge in [-0.15, -0.1) is 0 Å². The molecular weight excluding hydrogens is 236 g/mol. The zero-order chi connectivity index (χ0) is 13.2. The first-order valence-corrected chi connectivity index (χ1v) is 5.43. The molecule has 0 aliphatic carbocycles. The first-order valence-electron chi connectivity index (χ1n) is 5.43. The van der Waals surface area contributed by atoms with Crippen LogP contribution in [0.5, 0.6) is 5.75 Å². The summed E-state index contributed by atoms with van der Waals surface area (Å²) in [7, 11) is 1.60. The summed E-state index contributed by atoms with van der Waals surface area (Å²) in [5, 5.41) is 8.48. The molecule has 0 atom stereocenters. The molecule has 1 N–H and O–H groups in total. The lowest BCUT2D eigenvalue weighted by Crippen LogP contribution is -2.07. The zero-order valence-corrected chi connectivity index (χ0v) is 10.2. The number of benzene rings is 1. The Morgan fingerprint density at radius 2 is 2.00 bits per heavy atom. The molecule has 0 aromatic heterocycles. The van der Waals surface area contributed by atoms with E-state index in [1.807, 2.05) is 0 Å². The van der Waals surface area contributed by atoms with Gasteiger partial charge in [0, 0.05) is 13.2 Å². The SMILES string of the molecule is COCCOCOc1ccc(C=CC(=O)O)cc1. The van der Waals surface area contributed by atoms with Crippen molar-refractivity contribution in [1.82, 2.24) is 0 Å². The molecule has 98 valence electrons. The van der Waals surface area contributed by atoms with Crippen LogP contribution in [-0.4, -0.2) is 38.2 Å². The van der Waals surface area contributed by atoms with Crippen molar-refractivity contribution >= 4 is 12.0 Å². The summed E-state index contributed by atoms with van der Waals surface area (Å²) in [5.74, 6) is -0.304. The van der Waals surface area contributed by atoms with Crippen LogP contribution in [0.15, 0.2) is 30.3 Å². The first kappa shape index (κ1) is 14.2. The van der Waals surface area contributed by atoms with E-state index in [-0.39, 0.29) is 6.79 Å². The van der Waals surface area contributed by atoms with E-state index >= 15 is 0 Å². The second-order valence-electron chi connectivity index (χ2n) is 3.40. The van der Waals surface area contributed by atoms with Crippen molar-refractivity contribution < 1.29 is 24.1 Å². The number of hydrogen-bond acceptors (Lipinski definition) is 4. The minimum Gasteiger partial charge on any atom is -0.478 e. The van der Waals surface area contributed by atoms with E-state index in [1.165, 1.54) is 6.08 Å². The van der Waals surface area contributed by atoms with Gasteiger partial charge in [-0.3, -0.25) is 0 Å². The number of ether oxygens (including phenoxy) is 3. The van der Waals surface area contributed by atoms with Crippen molar-refractivity contribution in [3.8, 4) is 5.75 Å². The van der Waals surface area contributed by atoms with Crippen LogP contribution in [0.25, 0.3) is 6.08 Å². The number of carbonyl (C=O) groups is 1. The number of rotatable bonds is 8. The zero-order valence-electron chi connectivity index (χ0n) is 10.2. The van der Waals surface area contributed by atoms with Gasteiger partial charge in [-0.2, -0.15) is 0 Å². The van der Waals surface area contributed by atoms with Crippen molar-refractivity contribution in [3.63, 3.8) is 0 Å². The Labute approximate surface area is 106 Å². The molecule has 1 aromatic rings. The standard InChI is InChI=1S/C13H16O5/c1-16-8-9-17-10-18-12-5-2-11(3-6-12)4-7-13(14)15/h2-7H,8-10H2,1H3,(H,14,15). The van der Waals surface area contributed by atoms with Crippen LogP contribution in [0.4, 0.5) is 0 Å². The molecule has 0 heterocycles. The molecule has 5 nitrogen and oxygen atoms in total. The van der Waals surface area contributed by atoms with Gasteiger partial charge in [0.25, 0.3) is 0 Å². The van der Waals surface area contributed by atoms with Gasteiger partial charge < -0.3 is 19.3 Å². The quantitative estimate of drug-likeness (QED) is 0.434. The molecule has 0 bridgehead atoms. The molecule has 0 saturated heterocycles. The average Bonchev–Trinajstić information content (AvgIpc) is 2.37. The summed E-state index contributed by atoms with van der Waals surface area (Å²) < 4.78 is 15.3. The Morgan fingerprint density at radius 3 is 2.61 bits per heavy atom. The number of hydrogen-bond donors (Lipinski definition) is 1. The summed E-state index contributed by atoms with van der Waals surface area (Å²) >= 11 is 0. The van der Waals surface area contributed by atoms with E-state index < -0.39 is 5.97 Å². The van der Waals surface area contributed by atoms with Gasteiger partial charge in [0.2, 0.25) is 0 Å². The van der Waals surface area contributed by atoms with Crippen molar-refractivity contribution in [2.75, 3.05) is 27.1 Å². The van der Waals surface area contributed by atoms with Crippen LogP contribution in [-0.2, 0) is 14.3 Å². The number of carboxylic acids is 1. The fourth-order valence-corrected chi connectivity index (χ4v) is 1.15. The minimum absolute atomic E-state index is 0.160. The van der Waals surface area contributed by atoms with Crippen LogP contribution in [0, 0.1) is 0 Å². The molecule has 0 radical (unpaired) electrons. The number of methoxy groups -OCH3 is 1. The van der Waals surface area contributed by atoms with Gasteiger partial charge in [-0.25, -0.2) is 4.79 Å². The van der Waals surface area contributed by atoms with Gasteiger partial charge in [0.1, 0.15) is 5.75 Å². The molecule has 0 aliphatic rings. The monoisotopic (exact) mass is 252 g/mol. The van der Waals surface area contributed by atoms with E-state index in [0.29, 0.717) is 19.0 Å². The molecule has 0 unspecified atom stereocenters. The van der Waals surface area contributed by atoms with Gasteiger partial charge in [0.05, 0.1) is 13.2 Å². The second kappa shape index (κ2) is 8.27. The third-order valence-corrected chi connectivity index (χ3v) is 2.04. The molecule has 18 heavy (non-hydrogen) atoms. The normalized spacial score (nSPS) is 10.7. The van der Waals surface area contributed by atoms with Crippen molar-refractivity contribution in [3.05, 3.63) is 35.9 Å². The summed E-state index contributed by atoms with van der Waals surface area (Å²) in [4.78, 5) is 10.3. The van der Waals surface area contributed by atoms with E-state index in [2.05, 4.69) is 0 Å². The Kier molecular flexibility index (Phi) is 6.53. The smallest absolute Gasteiger partial charge is 0.328 e. The van der Waals surface area contributed by atoms with Gasteiger partial charge in [0.15, 0.2) is 6.79 Å². The predicted octanol–water partition coefficient (Wildman–Crippen LogP) is 1.78. The highest BCUT2D eigenvalue weighted by Gasteiger charge is 1.94. The Balaban J connectivity index is 2.34. The highest BCUT2D eigenvalue weighted by Crippen LogP contribution is 2.13. The van der Waals surface area contributed by atoms with Crippen LogP contribution >= 0.6 is 0 Å². The number of aliphatic carboxylic acids is 1. The maximum atomic E-state index is 10.3. The van der Waals surface area contributed by atoms with E-state index in [1.54, 1.807) is 31.4 Å². The van der Waals surface area contributed by atoms with E-state index in [4.69, 9.17) is 19.3 Å². The van der Waals surface area contributed by atoms with Gasteiger partial charge in [-0.05, 0) is 23.8 Å². The average molecular weight is 252 g/mol. The molecular formula is C13H16O5. The molecule has 0 aliphatic heterocycles. The molecule has 0 saturated carbocycles. The number of carboxylic acid groups (broad SMARTS) is 1. The Hall–Kier alpha value is -1.85. The van der Waals surface area contributed by atoms with Gasteiger partial charge >= 0.3 is 5.97 Å². The summed E-state index contributed by atoms with van der Waals surface area (Å²) in [6.07, 6.45) is 2.60. The van der Waals surface area contributed by atoms with Crippen molar-refractivity contribution in [1.29, 1.82) is 0 Å². The Bertz CT molecular complexity index is 383. The molecule has 0 spiro atoms. The molecule has 5 heteroatoms. The topological polar surface area (TPSA) is 65.0 Å². The lowest BCUT2D eigenvalue weighted by Gasteiger charge is -2.06. The second-order valence-corrected chi connectivity index (χ2v) is 3.40. The molecule has 1 rings (SSSR count). The van der Waals surface area contributed by atoms with Gasteiger partial charge in [-0.1, -0.05) is 12.1 Å². The fourth-order valence-electron chi connectivity index (χ4n) is 1.15. The lowest BCUT2D eigenvalue weighted by molar-refractivity contribution is -0.131. The Morgan fingerprint density at radius 1 is 1.28 bits per heavy atom. The van der Waals surface area contributed by atoms with E-state index in [9.17, 15) is 4.79 Å². The van der Waals surface area contributed by atoms with E-state index in [0.717, 1.165) is 11.6 Å². The van der Waals surface area contributed by atoms with Crippen LogP contribution < -0.4 is 4.74 Å². The molecule has 1 aromatic carbocycles. The highest BCUT2D eigenvalue weighted by molar-refractivity contribution is 5.85. The maximum Gasteiger partial charge on any atom is 0.328 e. The predicted molar refractivity (Wildman–Crippen MR) is 66.4 cm³/mol. The lowest BCUT2D eigenvalue weighted by atomic mass is 10.2. The third kappa shape index (κ3) is 6.03. The summed E-state index contributed by atoms with van der Waals surface area (Å²) in [6.45, 7) is 1.17.